The second-order valence-electron chi connectivity index (χ2n) is 8.74. The van der Waals surface area contributed by atoms with Crippen LogP contribution in [0.4, 0.5) is 0 Å². The number of nitrogens with zero attached hydrogens (tertiary/aromatic N) is 3. The van der Waals surface area contributed by atoms with Gasteiger partial charge in [-0.1, -0.05) is 31.4 Å². The summed E-state index contributed by atoms with van der Waals surface area (Å²) in [5, 5.41) is 16.2. The van der Waals surface area contributed by atoms with Crippen LogP contribution >= 0.6 is 11.8 Å². The predicted octanol–water partition coefficient (Wildman–Crippen LogP) is 5.35. The maximum atomic E-state index is 12.8. The number of benzene rings is 2. The average molecular weight is 505 g/mol. The van der Waals surface area contributed by atoms with Crippen molar-refractivity contribution in [3.05, 3.63) is 59.7 Å². The molecule has 0 unspecified atom stereocenters. The zero-order valence-corrected chi connectivity index (χ0v) is 20.9. The first-order valence-electron chi connectivity index (χ1n) is 12.1. The Morgan fingerprint density at radius 3 is 2.50 bits per heavy atom. The van der Waals surface area contributed by atoms with Crippen LogP contribution < -0.4 is 14.2 Å². The third kappa shape index (κ3) is 5.46. The lowest BCUT2D eigenvalue weighted by Crippen LogP contribution is -2.35. The van der Waals surface area contributed by atoms with Crippen LogP contribution in [-0.4, -0.2) is 47.3 Å². The fourth-order valence-electron chi connectivity index (χ4n) is 4.37. The molecule has 2 heterocycles. The van der Waals surface area contributed by atoms with Crippen LogP contribution in [0.3, 0.4) is 0 Å². The SMILES string of the molecule is COc1ccc(OCCOc2cccc(/C=C3/C(=N)N4N=C(C5CCCCC5)SC4=NC3=O)c2)cc1. The van der Waals surface area contributed by atoms with Crippen molar-refractivity contribution >= 4 is 39.8 Å². The Labute approximate surface area is 214 Å². The number of carbonyl (C=O) groups is 1. The number of methoxy groups -OCH3 is 1. The predicted molar refractivity (Wildman–Crippen MR) is 142 cm³/mol. The van der Waals surface area contributed by atoms with Gasteiger partial charge in [-0.2, -0.15) is 15.1 Å². The summed E-state index contributed by atoms with van der Waals surface area (Å²) in [6.45, 7) is 0.740. The molecule has 186 valence electrons. The Kier molecular flexibility index (Phi) is 7.36. The van der Waals surface area contributed by atoms with Gasteiger partial charge in [0.05, 0.1) is 12.7 Å². The van der Waals surface area contributed by atoms with Crippen molar-refractivity contribution < 1.29 is 19.0 Å². The van der Waals surface area contributed by atoms with Gasteiger partial charge in [0.15, 0.2) is 5.84 Å². The van der Waals surface area contributed by atoms with Crippen molar-refractivity contribution in [3.8, 4) is 17.2 Å². The molecule has 2 aliphatic heterocycles. The normalized spacial score (nSPS) is 19.1. The Morgan fingerprint density at radius 1 is 1.03 bits per heavy atom. The number of ether oxygens (including phenoxy) is 3. The van der Waals surface area contributed by atoms with Crippen molar-refractivity contribution in [2.45, 2.75) is 32.1 Å². The van der Waals surface area contributed by atoms with Crippen LogP contribution in [-0.2, 0) is 4.79 Å². The van der Waals surface area contributed by atoms with E-state index in [4.69, 9.17) is 19.6 Å². The van der Waals surface area contributed by atoms with Crippen LogP contribution in [0.2, 0.25) is 0 Å². The van der Waals surface area contributed by atoms with Crippen LogP contribution in [0.15, 0.2) is 64.2 Å². The summed E-state index contributed by atoms with van der Waals surface area (Å²) in [5.74, 6) is 2.20. The van der Waals surface area contributed by atoms with Crippen molar-refractivity contribution in [3.63, 3.8) is 0 Å². The summed E-state index contributed by atoms with van der Waals surface area (Å²) in [5.41, 5.74) is 0.964. The zero-order chi connectivity index (χ0) is 24.9. The van der Waals surface area contributed by atoms with Gasteiger partial charge in [-0.25, -0.2) is 0 Å². The lowest BCUT2D eigenvalue weighted by atomic mass is 9.90. The van der Waals surface area contributed by atoms with Crippen molar-refractivity contribution in [2.75, 3.05) is 20.3 Å². The van der Waals surface area contributed by atoms with Gasteiger partial charge >= 0.3 is 0 Å². The number of hydrogen-bond donors (Lipinski definition) is 1. The number of rotatable bonds is 8. The summed E-state index contributed by atoms with van der Waals surface area (Å²) in [6.07, 6.45) is 7.54. The van der Waals surface area contributed by atoms with E-state index in [1.807, 2.05) is 48.5 Å². The Hall–Kier alpha value is -3.59. The van der Waals surface area contributed by atoms with E-state index in [0.717, 1.165) is 34.9 Å². The number of amides is 1. The highest BCUT2D eigenvalue weighted by Crippen LogP contribution is 2.36. The van der Waals surface area contributed by atoms with Crippen LogP contribution in [0.1, 0.15) is 37.7 Å². The lowest BCUT2D eigenvalue weighted by molar-refractivity contribution is -0.114. The second kappa shape index (κ2) is 11.0. The average Bonchev–Trinajstić information content (AvgIpc) is 3.34. The highest BCUT2D eigenvalue weighted by Gasteiger charge is 2.37. The quantitative estimate of drug-likeness (QED) is 0.384. The van der Waals surface area contributed by atoms with Crippen molar-refractivity contribution in [1.29, 1.82) is 5.41 Å². The molecule has 5 rings (SSSR count). The molecular weight excluding hydrogens is 476 g/mol. The van der Waals surface area contributed by atoms with E-state index in [-0.39, 0.29) is 11.4 Å². The van der Waals surface area contributed by atoms with Crippen molar-refractivity contribution in [1.82, 2.24) is 5.01 Å². The van der Waals surface area contributed by atoms with Crippen molar-refractivity contribution in [2.24, 2.45) is 16.0 Å². The molecule has 9 heteroatoms. The van der Waals surface area contributed by atoms with E-state index in [1.165, 1.54) is 36.0 Å². The number of aliphatic imine (C=N–C) groups is 1. The molecule has 1 amide bonds. The van der Waals surface area contributed by atoms with E-state index in [0.29, 0.717) is 30.0 Å². The van der Waals surface area contributed by atoms with Gasteiger partial charge in [-0.05, 0) is 72.6 Å². The van der Waals surface area contributed by atoms with Crippen LogP contribution in [0, 0.1) is 11.3 Å². The molecule has 3 aliphatic rings. The molecule has 8 nitrogen and oxygen atoms in total. The van der Waals surface area contributed by atoms with E-state index in [9.17, 15) is 4.79 Å². The minimum absolute atomic E-state index is 0.0579. The number of fused-ring (bicyclic) bond motifs is 1. The minimum Gasteiger partial charge on any atom is -0.497 e. The largest absolute Gasteiger partial charge is 0.497 e. The molecule has 2 aromatic carbocycles. The Morgan fingerprint density at radius 2 is 1.75 bits per heavy atom. The molecule has 1 saturated carbocycles. The molecule has 1 fully saturated rings. The Balaban J connectivity index is 1.21. The summed E-state index contributed by atoms with van der Waals surface area (Å²) >= 11 is 1.43. The third-order valence-corrected chi connectivity index (χ3v) is 7.34. The number of hydrazone groups is 1. The standard InChI is InChI=1S/C27H28N4O4S/c1-33-20-10-12-21(13-11-20)34-14-15-35-22-9-5-6-18(16-22)17-23-24(28)31-27(29-25(23)32)36-26(30-31)19-7-3-2-4-8-19/h5-6,9-13,16-17,19,28H,2-4,7-8,14-15H2,1H3/b23-17-,28-24?. The van der Waals surface area contributed by atoms with Crippen LogP contribution in [0.5, 0.6) is 17.2 Å². The molecule has 0 saturated heterocycles. The molecule has 0 radical (unpaired) electrons. The molecule has 0 spiro atoms. The first-order chi connectivity index (χ1) is 17.6. The Bertz CT molecular complexity index is 1230. The smallest absolute Gasteiger partial charge is 0.283 e. The van der Waals surface area contributed by atoms with Gasteiger partial charge in [0, 0.05) is 5.92 Å². The van der Waals surface area contributed by atoms with E-state index in [2.05, 4.69) is 10.1 Å². The molecule has 2 aromatic rings. The summed E-state index contributed by atoms with van der Waals surface area (Å²) in [7, 11) is 1.62. The topological polar surface area (TPSA) is 96.6 Å². The van der Waals surface area contributed by atoms with Gasteiger partial charge in [0.25, 0.3) is 5.91 Å². The lowest BCUT2D eigenvalue weighted by Gasteiger charge is -2.20. The van der Waals surface area contributed by atoms with E-state index >= 15 is 0 Å². The molecule has 36 heavy (non-hydrogen) atoms. The highest BCUT2D eigenvalue weighted by molar-refractivity contribution is 8.27. The summed E-state index contributed by atoms with van der Waals surface area (Å²) < 4.78 is 16.7. The fraction of sp³-hybridized carbons (Fsp3) is 0.333. The monoisotopic (exact) mass is 504 g/mol. The first kappa shape index (κ1) is 24.1. The van der Waals surface area contributed by atoms with Gasteiger partial charge in [0.1, 0.15) is 35.5 Å². The molecular formula is C27H28N4O4S. The second-order valence-corrected chi connectivity index (χ2v) is 9.73. The first-order valence-corrected chi connectivity index (χ1v) is 12.9. The van der Waals surface area contributed by atoms with Gasteiger partial charge in [-0.3, -0.25) is 10.2 Å². The number of carbonyl (C=O) groups excluding carboxylic acids is 1. The number of hydrogen-bond acceptors (Lipinski definition) is 7. The number of nitrogens with one attached hydrogen (secondary N) is 1. The maximum Gasteiger partial charge on any atom is 0.283 e. The molecule has 1 aliphatic carbocycles. The zero-order valence-electron chi connectivity index (χ0n) is 20.1. The molecule has 0 aromatic heterocycles. The number of amidine groups is 2. The van der Waals surface area contributed by atoms with Gasteiger partial charge in [-0.15, -0.1) is 0 Å². The summed E-state index contributed by atoms with van der Waals surface area (Å²) in [4.78, 5) is 17.0. The fourth-order valence-corrected chi connectivity index (χ4v) is 5.43. The van der Waals surface area contributed by atoms with Gasteiger partial charge in [0.2, 0.25) is 5.17 Å². The molecule has 0 atom stereocenters. The highest BCUT2D eigenvalue weighted by atomic mass is 32.2. The minimum atomic E-state index is -0.418. The van der Waals surface area contributed by atoms with E-state index < -0.39 is 5.91 Å². The summed E-state index contributed by atoms with van der Waals surface area (Å²) in [6, 6.07) is 14.8. The molecule has 0 bridgehead atoms. The van der Waals surface area contributed by atoms with Gasteiger partial charge < -0.3 is 14.2 Å². The van der Waals surface area contributed by atoms with E-state index in [1.54, 1.807) is 13.2 Å². The number of thioether (sulfide) groups is 1. The van der Waals surface area contributed by atoms with Crippen LogP contribution in [0.25, 0.3) is 6.08 Å². The third-order valence-electron chi connectivity index (χ3n) is 6.27. The molecule has 1 N–H and O–H groups in total. The maximum absolute atomic E-state index is 12.8.